The van der Waals surface area contributed by atoms with Crippen LogP contribution < -0.4 is 4.74 Å². The summed E-state index contributed by atoms with van der Waals surface area (Å²) in [6.45, 7) is 3.45. The van der Waals surface area contributed by atoms with Crippen LogP contribution in [0.3, 0.4) is 0 Å². The maximum absolute atomic E-state index is 13.7. The molecule has 0 amide bonds. The lowest BCUT2D eigenvalue weighted by molar-refractivity contribution is 0.193. The number of rotatable bonds is 4. The van der Waals surface area contributed by atoms with E-state index in [1.165, 1.54) is 13.0 Å². The van der Waals surface area contributed by atoms with Crippen molar-refractivity contribution in [3.63, 3.8) is 0 Å². The molecule has 0 bridgehead atoms. The van der Waals surface area contributed by atoms with Gasteiger partial charge in [0.15, 0.2) is 0 Å². The second kappa shape index (κ2) is 5.85. The van der Waals surface area contributed by atoms with E-state index in [1.807, 2.05) is 37.3 Å². The second-order valence-electron chi connectivity index (χ2n) is 4.53. The number of aliphatic hydroxyl groups is 1. The summed E-state index contributed by atoms with van der Waals surface area (Å²) in [6.07, 6.45) is -0.974. The molecule has 0 radical (unpaired) electrons. The van der Waals surface area contributed by atoms with Crippen LogP contribution in [-0.2, 0) is 0 Å². The Kier molecular flexibility index (Phi) is 4.17. The third kappa shape index (κ3) is 3.32. The summed E-state index contributed by atoms with van der Waals surface area (Å²) in [5.74, 6) is 0.00557. The minimum Gasteiger partial charge on any atom is -0.486 e. The predicted molar refractivity (Wildman–Crippen MR) is 72.5 cm³/mol. The van der Waals surface area contributed by atoms with Crippen LogP contribution in [0.25, 0.3) is 0 Å². The van der Waals surface area contributed by atoms with Crippen molar-refractivity contribution in [1.29, 1.82) is 0 Å². The van der Waals surface area contributed by atoms with Gasteiger partial charge in [-0.3, -0.25) is 0 Å². The molecule has 0 heterocycles. The van der Waals surface area contributed by atoms with Gasteiger partial charge in [0.2, 0.25) is 0 Å². The molecule has 0 saturated heterocycles. The first kappa shape index (κ1) is 13.6. The Bertz CT molecular complexity index is 538. The Morgan fingerprint density at radius 2 is 1.74 bits per heavy atom. The fourth-order valence-corrected chi connectivity index (χ4v) is 1.92. The first-order chi connectivity index (χ1) is 9.08. The Balaban J connectivity index is 2.14. The normalized spacial score (nSPS) is 13.9. The number of ether oxygens (including phenoxy) is 1. The molecule has 2 aromatic carbocycles. The first-order valence-corrected chi connectivity index (χ1v) is 6.27. The zero-order chi connectivity index (χ0) is 13.8. The molecular weight excluding hydrogens is 243 g/mol. The molecule has 2 atom stereocenters. The molecule has 2 rings (SSSR count). The molecule has 0 saturated carbocycles. The third-order valence-electron chi connectivity index (χ3n) is 3.00. The van der Waals surface area contributed by atoms with E-state index in [4.69, 9.17) is 4.74 Å². The number of hydrogen-bond acceptors (Lipinski definition) is 2. The van der Waals surface area contributed by atoms with Gasteiger partial charge in [-0.2, -0.15) is 0 Å². The summed E-state index contributed by atoms with van der Waals surface area (Å²) in [4.78, 5) is 0. The molecule has 2 nitrogen and oxygen atoms in total. The molecule has 0 aliphatic heterocycles. The highest BCUT2D eigenvalue weighted by Crippen LogP contribution is 2.25. The zero-order valence-electron chi connectivity index (χ0n) is 11.0. The van der Waals surface area contributed by atoms with E-state index in [1.54, 1.807) is 12.1 Å². The van der Waals surface area contributed by atoms with Crippen LogP contribution in [0.15, 0.2) is 48.5 Å². The molecule has 100 valence electrons. The monoisotopic (exact) mass is 260 g/mol. The highest BCUT2D eigenvalue weighted by molar-refractivity contribution is 5.31. The predicted octanol–water partition coefficient (Wildman–Crippen LogP) is 4.02. The molecule has 0 aliphatic rings. The summed E-state index contributed by atoms with van der Waals surface area (Å²) in [5, 5.41) is 9.37. The smallest absolute Gasteiger partial charge is 0.132 e. The van der Waals surface area contributed by atoms with Gasteiger partial charge in [-0.05, 0) is 31.5 Å². The van der Waals surface area contributed by atoms with Crippen molar-refractivity contribution >= 4 is 0 Å². The summed E-state index contributed by atoms with van der Waals surface area (Å²) in [5.41, 5.74) is 1.31. The summed E-state index contributed by atoms with van der Waals surface area (Å²) in [7, 11) is 0. The van der Waals surface area contributed by atoms with Gasteiger partial charge < -0.3 is 9.84 Å². The van der Waals surface area contributed by atoms with Crippen LogP contribution in [0.1, 0.15) is 37.2 Å². The Morgan fingerprint density at radius 3 is 2.32 bits per heavy atom. The lowest BCUT2D eigenvalue weighted by atomic mass is 10.1. The van der Waals surface area contributed by atoms with E-state index >= 15 is 0 Å². The Labute approximate surface area is 112 Å². The summed E-state index contributed by atoms with van der Waals surface area (Å²) >= 11 is 0. The van der Waals surface area contributed by atoms with E-state index < -0.39 is 11.9 Å². The van der Waals surface area contributed by atoms with Gasteiger partial charge >= 0.3 is 0 Å². The average molecular weight is 260 g/mol. The van der Waals surface area contributed by atoms with Gasteiger partial charge in [-0.1, -0.05) is 30.3 Å². The van der Waals surface area contributed by atoms with Gasteiger partial charge in [0, 0.05) is 11.6 Å². The molecule has 3 heteroatoms. The first-order valence-electron chi connectivity index (χ1n) is 6.27. The molecule has 0 spiro atoms. The van der Waals surface area contributed by atoms with E-state index in [-0.39, 0.29) is 11.7 Å². The van der Waals surface area contributed by atoms with Crippen LogP contribution in [0.2, 0.25) is 0 Å². The maximum Gasteiger partial charge on any atom is 0.132 e. The van der Waals surface area contributed by atoms with E-state index in [0.717, 1.165) is 5.56 Å². The van der Waals surface area contributed by atoms with Crippen LogP contribution in [-0.4, -0.2) is 5.11 Å². The van der Waals surface area contributed by atoms with Crippen molar-refractivity contribution in [1.82, 2.24) is 0 Å². The molecule has 0 aromatic heterocycles. The lowest BCUT2D eigenvalue weighted by Crippen LogP contribution is -2.04. The number of hydrogen-bond donors (Lipinski definition) is 1. The van der Waals surface area contributed by atoms with Gasteiger partial charge in [0.05, 0.1) is 6.10 Å². The molecular formula is C16H17FO2. The fourth-order valence-electron chi connectivity index (χ4n) is 1.92. The van der Waals surface area contributed by atoms with Crippen molar-refractivity contribution in [3.8, 4) is 5.75 Å². The minimum atomic E-state index is -0.819. The lowest BCUT2D eigenvalue weighted by Gasteiger charge is -2.16. The highest BCUT2D eigenvalue weighted by atomic mass is 19.1. The van der Waals surface area contributed by atoms with Gasteiger partial charge in [-0.25, -0.2) is 4.39 Å². The van der Waals surface area contributed by atoms with Crippen LogP contribution in [0.4, 0.5) is 4.39 Å². The number of aliphatic hydroxyl groups excluding tert-OH is 1. The minimum absolute atomic E-state index is 0.155. The van der Waals surface area contributed by atoms with Gasteiger partial charge in [0.25, 0.3) is 0 Å². The summed E-state index contributed by atoms with van der Waals surface area (Å²) in [6, 6.07) is 14.3. The third-order valence-corrected chi connectivity index (χ3v) is 3.00. The second-order valence-corrected chi connectivity index (χ2v) is 4.53. The Morgan fingerprint density at radius 1 is 1.05 bits per heavy atom. The largest absolute Gasteiger partial charge is 0.486 e. The molecule has 0 aliphatic carbocycles. The Hall–Kier alpha value is -1.87. The molecule has 1 unspecified atom stereocenters. The van der Waals surface area contributed by atoms with Crippen molar-refractivity contribution in [3.05, 3.63) is 65.5 Å². The van der Waals surface area contributed by atoms with Crippen molar-refractivity contribution in [2.24, 2.45) is 0 Å². The van der Waals surface area contributed by atoms with E-state index in [0.29, 0.717) is 5.75 Å². The zero-order valence-corrected chi connectivity index (χ0v) is 11.0. The van der Waals surface area contributed by atoms with Crippen molar-refractivity contribution in [2.45, 2.75) is 26.1 Å². The van der Waals surface area contributed by atoms with Gasteiger partial charge in [-0.15, -0.1) is 0 Å². The van der Waals surface area contributed by atoms with Crippen molar-refractivity contribution < 1.29 is 14.2 Å². The highest BCUT2D eigenvalue weighted by Gasteiger charge is 2.11. The van der Waals surface area contributed by atoms with E-state index in [9.17, 15) is 9.50 Å². The SMILES string of the molecule is CC(Oc1ccc([C@@H](C)O)c(F)c1)c1ccccc1. The number of halogens is 1. The summed E-state index contributed by atoms with van der Waals surface area (Å²) < 4.78 is 19.4. The molecule has 19 heavy (non-hydrogen) atoms. The van der Waals surface area contributed by atoms with E-state index in [2.05, 4.69) is 0 Å². The average Bonchev–Trinajstić information content (AvgIpc) is 2.39. The topological polar surface area (TPSA) is 29.5 Å². The van der Waals surface area contributed by atoms with Crippen molar-refractivity contribution in [2.75, 3.05) is 0 Å². The molecule has 1 N–H and O–H groups in total. The standard InChI is InChI=1S/C16H17FO2/c1-11(18)15-9-8-14(10-16(15)17)19-12(2)13-6-4-3-5-7-13/h3-12,18H,1-2H3/t11-,12?/m1/s1. The fraction of sp³-hybridized carbons (Fsp3) is 0.250. The molecule has 2 aromatic rings. The molecule has 0 fully saturated rings. The van der Waals surface area contributed by atoms with Crippen LogP contribution in [0, 0.1) is 5.82 Å². The van der Waals surface area contributed by atoms with Crippen LogP contribution >= 0.6 is 0 Å². The number of benzene rings is 2. The maximum atomic E-state index is 13.7. The van der Waals surface area contributed by atoms with Gasteiger partial charge in [0.1, 0.15) is 17.7 Å². The van der Waals surface area contributed by atoms with Crippen LogP contribution in [0.5, 0.6) is 5.75 Å². The quantitative estimate of drug-likeness (QED) is 0.899.